The lowest BCUT2D eigenvalue weighted by Crippen LogP contribution is -2.25. The first-order valence-electron chi connectivity index (χ1n) is 12.1. The summed E-state index contributed by atoms with van der Waals surface area (Å²) in [4.78, 5) is 12.6. The average molecular weight is 495 g/mol. The fourth-order valence-corrected chi connectivity index (χ4v) is 5.37. The summed E-state index contributed by atoms with van der Waals surface area (Å²) < 4.78 is 73.7. The molecule has 2 fully saturated rings. The van der Waals surface area contributed by atoms with Gasteiger partial charge >= 0.3 is 5.97 Å². The molecule has 2 aromatic rings. The summed E-state index contributed by atoms with van der Waals surface area (Å²) in [6.07, 6.45) is 4.36. The standard InChI is InChI=1S/C27H30F4O4/c1-33-17-7-3-15(4-8-17)19-11-12-21(25(30)23(19)28)27(32)35-18-9-5-16(6-10-18)20-13-14-22(34-2)26(31)24(20)29/h11-18H,3-10H2,1-2H3. The maximum absolute atomic E-state index is 14.8. The van der Waals surface area contributed by atoms with Gasteiger partial charge in [-0.15, -0.1) is 0 Å². The molecule has 4 rings (SSSR count). The summed E-state index contributed by atoms with van der Waals surface area (Å²) in [5.74, 6) is -5.55. The van der Waals surface area contributed by atoms with Gasteiger partial charge in [-0.3, -0.25) is 0 Å². The molecule has 0 bridgehead atoms. The second-order valence-electron chi connectivity index (χ2n) is 9.40. The van der Waals surface area contributed by atoms with Gasteiger partial charge in [0.05, 0.1) is 18.8 Å². The van der Waals surface area contributed by atoms with Crippen LogP contribution in [0, 0.1) is 23.3 Å². The van der Waals surface area contributed by atoms with Crippen LogP contribution in [0.3, 0.4) is 0 Å². The summed E-state index contributed by atoms with van der Waals surface area (Å²) >= 11 is 0. The molecule has 2 saturated carbocycles. The van der Waals surface area contributed by atoms with Gasteiger partial charge in [-0.2, -0.15) is 4.39 Å². The number of hydrogen-bond donors (Lipinski definition) is 0. The van der Waals surface area contributed by atoms with Crippen LogP contribution in [0.25, 0.3) is 0 Å². The van der Waals surface area contributed by atoms with Gasteiger partial charge in [0.1, 0.15) is 6.10 Å². The van der Waals surface area contributed by atoms with Gasteiger partial charge in [0.15, 0.2) is 23.2 Å². The molecular weight excluding hydrogens is 464 g/mol. The number of esters is 1. The molecule has 35 heavy (non-hydrogen) atoms. The van der Waals surface area contributed by atoms with Crippen LogP contribution >= 0.6 is 0 Å². The molecule has 0 spiro atoms. The molecule has 8 heteroatoms. The second kappa shape index (κ2) is 11.0. The van der Waals surface area contributed by atoms with E-state index in [1.165, 1.54) is 31.4 Å². The van der Waals surface area contributed by atoms with E-state index in [1.54, 1.807) is 7.11 Å². The minimum absolute atomic E-state index is 0.112. The summed E-state index contributed by atoms with van der Waals surface area (Å²) in [5, 5.41) is 0. The molecule has 2 aliphatic rings. The first kappa shape index (κ1) is 25.5. The number of rotatable bonds is 6. The van der Waals surface area contributed by atoms with Crippen molar-refractivity contribution in [1.82, 2.24) is 0 Å². The second-order valence-corrected chi connectivity index (χ2v) is 9.40. The Labute approximate surface area is 202 Å². The van der Waals surface area contributed by atoms with E-state index in [0.717, 1.165) is 12.8 Å². The molecule has 2 aromatic carbocycles. The van der Waals surface area contributed by atoms with Crippen LogP contribution in [0.1, 0.15) is 84.7 Å². The number of carbonyl (C=O) groups excluding carboxylic acids is 1. The number of methoxy groups -OCH3 is 2. The lowest BCUT2D eigenvalue weighted by Gasteiger charge is -2.29. The van der Waals surface area contributed by atoms with E-state index in [-0.39, 0.29) is 34.8 Å². The Morgan fingerprint density at radius 3 is 1.74 bits per heavy atom. The predicted octanol–water partition coefficient (Wildman–Crippen LogP) is 6.81. The fourth-order valence-electron chi connectivity index (χ4n) is 5.37. The van der Waals surface area contributed by atoms with Crippen LogP contribution in [0.15, 0.2) is 24.3 Å². The highest BCUT2D eigenvalue weighted by Gasteiger charge is 2.31. The van der Waals surface area contributed by atoms with Gasteiger partial charge in [0, 0.05) is 7.11 Å². The molecule has 0 saturated heterocycles. The normalized spacial score (nSPS) is 24.7. The highest BCUT2D eigenvalue weighted by Crippen LogP contribution is 2.39. The van der Waals surface area contributed by atoms with Crippen molar-refractivity contribution < 1.29 is 36.6 Å². The van der Waals surface area contributed by atoms with E-state index >= 15 is 0 Å². The average Bonchev–Trinajstić information content (AvgIpc) is 2.88. The number of hydrogen-bond acceptors (Lipinski definition) is 4. The highest BCUT2D eigenvalue weighted by molar-refractivity contribution is 5.90. The third-order valence-corrected chi connectivity index (χ3v) is 7.46. The first-order valence-corrected chi connectivity index (χ1v) is 12.1. The molecule has 0 unspecified atom stereocenters. The summed E-state index contributed by atoms with van der Waals surface area (Å²) in [6, 6.07) is 5.67. The van der Waals surface area contributed by atoms with Crippen molar-refractivity contribution in [3.05, 3.63) is 64.2 Å². The first-order chi connectivity index (χ1) is 16.8. The summed E-state index contributed by atoms with van der Waals surface area (Å²) in [5.41, 5.74) is 0.112. The predicted molar refractivity (Wildman–Crippen MR) is 122 cm³/mol. The molecule has 190 valence electrons. The van der Waals surface area contributed by atoms with Crippen molar-refractivity contribution in [3.8, 4) is 5.75 Å². The van der Waals surface area contributed by atoms with Gasteiger partial charge in [0.25, 0.3) is 0 Å². The molecule has 0 aromatic heterocycles. The lowest BCUT2D eigenvalue weighted by atomic mass is 9.82. The van der Waals surface area contributed by atoms with Crippen molar-refractivity contribution in [1.29, 1.82) is 0 Å². The van der Waals surface area contributed by atoms with Crippen molar-refractivity contribution in [2.45, 2.75) is 75.4 Å². The molecule has 0 atom stereocenters. The Morgan fingerprint density at radius 1 is 0.686 bits per heavy atom. The minimum atomic E-state index is -1.19. The van der Waals surface area contributed by atoms with E-state index in [4.69, 9.17) is 14.2 Å². The van der Waals surface area contributed by atoms with Crippen molar-refractivity contribution >= 4 is 5.97 Å². The van der Waals surface area contributed by atoms with Gasteiger partial charge in [-0.05, 0) is 86.5 Å². The Balaban J connectivity index is 1.37. The zero-order valence-corrected chi connectivity index (χ0v) is 19.9. The van der Waals surface area contributed by atoms with Gasteiger partial charge in [0.2, 0.25) is 5.82 Å². The third kappa shape index (κ3) is 5.32. The summed E-state index contributed by atoms with van der Waals surface area (Å²) in [6.45, 7) is 0. The molecule has 0 radical (unpaired) electrons. The number of benzene rings is 2. The van der Waals surface area contributed by atoms with Gasteiger partial charge in [-0.1, -0.05) is 12.1 Å². The number of halogens is 4. The van der Waals surface area contributed by atoms with E-state index in [1.807, 2.05) is 0 Å². The number of ether oxygens (including phenoxy) is 3. The minimum Gasteiger partial charge on any atom is -0.494 e. The van der Waals surface area contributed by atoms with Gasteiger partial charge in [-0.25, -0.2) is 18.0 Å². The molecular formula is C27H30F4O4. The van der Waals surface area contributed by atoms with Crippen LogP contribution < -0.4 is 4.74 Å². The molecule has 0 aliphatic heterocycles. The fraction of sp³-hybridized carbons (Fsp3) is 0.519. The molecule has 0 N–H and O–H groups in total. The molecule has 4 nitrogen and oxygen atoms in total. The van der Waals surface area contributed by atoms with E-state index in [2.05, 4.69) is 0 Å². The SMILES string of the molecule is COc1ccc(C2CCC(OC(=O)c3ccc(C4CCC(OC)CC4)c(F)c3F)CC2)c(F)c1F. The van der Waals surface area contributed by atoms with E-state index < -0.39 is 40.9 Å². The summed E-state index contributed by atoms with van der Waals surface area (Å²) in [7, 11) is 2.92. The Kier molecular flexibility index (Phi) is 7.99. The number of carbonyl (C=O) groups is 1. The van der Waals surface area contributed by atoms with Crippen LogP contribution in [0.2, 0.25) is 0 Å². The zero-order chi connectivity index (χ0) is 25.1. The van der Waals surface area contributed by atoms with Crippen LogP contribution in [-0.2, 0) is 9.47 Å². The van der Waals surface area contributed by atoms with E-state index in [9.17, 15) is 22.4 Å². The van der Waals surface area contributed by atoms with Crippen LogP contribution in [-0.4, -0.2) is 32.4 Å². The Bertz CT molecular complexity index is 1060. The quantitative estimate of drug-likeness (QED) is 0.327. The zero-order valence-electron chi connectivity index (χ0n) is 19.9. The van der Waals surface area contributed by atoms with Crippen LogP contribution in [0.4, 0.5) is 17.6 Å². The maximum atomic E-state index is 14.8. The topological polar surface area (TPSA) is 44.8 Å². The van der Waals surface area contributed by atoms with E-state index in [0.29, 0.717) is 38.5 Å². The van der Waals surface area contributed by atoms with Crippen molar-refractivity contribution in [2.24, 2.45) is 0 Å². The van der Waals surface area contributed by atoms with Crippen molar-refractivity contribution in [2.75, 3.05) is 14.2 Å². The van der Waals surface area contributed by atoms with Crippen molar-refractivity contribution in [3.63, 3.8) is 0 Å². The monoisotopic (exact) mass is 494 g/mol. The smallest absolute Gasteiger partial charge is 0.341 e. The Hall–Kier alpha value is -2.61. The molecule has 0 heterocycles. The maximum Gasteiger partial charge on any atom is 0.341 e. The molecule has 2 aliphatic carbocycles. The lowest BCUT2D eigenvalue weighted by molar-refractivity contribution is 0.0188. The molecule has 0 amide bonds. The van der Waals surface area contributed by atoms with Gasteiger partial charge < -0.3 is 14.2 Å². The third-order valence-electron chi connectivity index (χ3n) is 7.46. The largest absolute Gasteiger partial charge is 0.494 e. The Morgan fingerprint density at radius 2 is 1.20 bits per heavy atom. The van der Waals surface area contributed by atoms with Crippen LogP contribution in [0.5, 0.6) is 5.75 Å². The highest BCUT2D eigenvalue weighted by atomic mass is 19.2.